The Hall–Kier alpha value is -2.76. The highest BCUT2D eigenvalue weighted by atomic mass is 19.1. The van der Waals surface area contributed by atoms with Gasteiger partial charge in [-0.1, -0.05) is 18.2 Å². The monoisotopic (exact) mass is 370 g/mol. The van der Waals surface area contributed by atoms with Crippen LogP contribution in [-0.4, -0.2) is 57.7 Å². The maximum atomic E-state index is 13.7. The lowest BCUT2D eigenvalue weighted by atomic mass is 10.1. The van der Waals surface area contributed by atoms with Gasteiger partial charge in [-0.3, -0.25) is 4.99 Å². The van der Waals surface area contributed by atoms with Crippen molar-refractivity contribution in [3.8, 4) is 5.75 Å². The van der Waals surface area contributed by atoms with Crippen molar-refractivity contribution < 1.29 is 9.13 Å². The molecule has 1 heterocycles. The summed E-state index contributed by atoms with van der Waals surface area (Å²) in [6, 6.07) is 15.1. The molecule has 2 aromatic rings. The summed E-state index contributed by atoms with van der Waals surface area (Å²) in [5.74, 6) is 1.60. The molecule has 1 fully saturated rings. The molecule has 0 amide bonds. The molecule has 1 aliphatic rings. The third-order valence-corrected chi connectivity index (χ3v) is 4.86. The van der Waals surface area contributed by atoms with Gasteiger partial charge in [0.15, 0.2) is 5.96 Å². The van der Waals surface area contributed by atoms with Crippen molar-refractivity contribution in [2.45, 2.75) is 6.42 Å². The quantitative estimate of drug-likeness (QED) is 0.649. The lowest BCUT2D eigenvalue weighted by Gasteiger charge is -2.37. The number of nitrogens with zero attached hydrogens (tertiary/aromatic N) is 3. The summed E-state index contributed by atoms with van der Waals surface area (Å²) >= 11 is 0. The van der Waals surface area contributed by atoms with Crippen molar-refractivity contribution in [3.05, 3.63) is 59.9 Å². The van der Waals surface area contributed by atoms with Gasteiger partial charge >= 0.3 is 0 Å². The summed E-state index contributed by atoms with van der Waals surface area (Å²) in [5, 5.41) is 3.36. The SMILES string of the molecule is CN=C(NCCc1ccccc1F)N1CCN(c2ccc(OC)cc2)CC1. The number of aliphatic imine (C=N–C) groups is 1. The maximum Gasteiger partial charge on any atom is 0.193 e. The number of anilines is 1. The highest BCUT2D eigenvalue weighted by Crippen LogP contribution is 2.20. The minimum absolute atomic E-state index is 0.151. The molecule has 1 saturated heterocycles. The molecule has 0 aromatic heterocycles. The van der Waals surface area contributed by atoms with Gasteiger partial charge in [-0.25, -0.2) is 4.39 Å². The summed E-state index contributed by atoms with van der Waals surface area (Å²) in [4.78, 5) is 9.00. The molecular formula is C21H27FN4O. The van der Waals surface area contributed by atoms with Gasteiger partial charge in [0, 0.05) is 45.5 Å². The normalized spacial score (nSPS) is 15.0. The van der Waals surface area contributed by atoms with Gasteiger partial charge in [0.25, 0.3) is 0 Å². The van der Waals surface area contributed by atoms with E-state index in [0.717, 1.165) is 43.5 Å². The first-order chi connectivity index (χ1) is 13.2. The smallest absolute Gasteiger partial charge is 0.193 e. The fourth-order valence-corrected chi connectivity index (χ4v) is 3.31. The molecule has 6 heteroatoms. The summed E-state index contributed by atoms with van der Waals surface area (Å²) in [6.07, 6.45) is 0.636. The Labute approximate surface area is 160 Å². The van der Waals surface area contributed by atoms with Crippen LogP contribution in [0.1, 0.15) is 5.56 Å². The Bertz CT molecular complexity index is 755. The third kappa shape index (κ3) is 4.90. The van der Waals surface area contributed by atoms with Crippen LogP contribution < -0.4 is 15.0 Å². The van der Waals surface area contributed by atoms with E-state index in [9.17, 15) is 4.39 Å². The number of ether oxygens (including phenoxy) is 1. The zero-order valence-electron chi connectivity index (χ0n) is 16.0. The first-order valence-corrected chi connectivity index (χ1v) is 9.29. The topological polar surface area (TPSA) is 40.1 Å². The van der Waals surface area contributed by atoms with Gasteiger partial charge in [0.2, 0.25) is 0 Å². The molecule has 5 nitrogen and oxygen atoms in total. The van der Waals surface area contributed by atoms with Gasteiger partial charge in [0.05, 0.1) is 7.11 Å². The van der Waals surface area contributed by atoms with Crippen LogP contribution in [-0.2, 0) is 6.42 Å². The van der Waals surface area contributed by atoms with E-state index < -0.39 is 0 Å². The van der Waals surface area contributed by atoms with E-state index in [0.29, 0.717) is 13.0 Å². The predicted molar refractivity (Wildman–Crippen MR) is 108 cm³/mol. The number of rotatable bonds is 5. The molecule has 1 N–H and O–H groups in total. The standard InChI is InChI=1S/C21H27FN4O/c1-23-21(24-12-11-17-5-3-4-6-20(17)22)26-15-13-25(14-16-26)18-7-9-19(27-2)10-8-18/h3-10H,11-16H2,1-2H3,(H,23,24). The van der Waals surface area contributed by atoms with Crippen molar-refractivity contribution >= 4 is 11.6 Å². The number of halogens is 1. The lowest BCUT2D eigenvalue weighted by molar-refractivity contribution is 0.372. The van der Waals surface area contributed by atoms with E-state index in [1.54, 1.807) is 20.2 Å². The van der Waals surface area contributed by atoms with Crippen molar-refractivity contribution in [2.24, 2.45) is 4.99 Å². The van der Waals surface area contributed by atoms with Crippen molar-refractivity contribution in [1.82, 2.24) is 10.2 Å². The first kappa shape index (κ1) is 19.0. The van der Waals surface area contributed by atoms with E-state index in [2.05, 4.69) is 32.2 Å². The number of guanidine groups is 1. The van der Waals surface area contributed by atoms with Crippen LogP contribution in [0, 0.1) is 5.82 Å². The average molecular weight is 370 g/mol. The second-order valence-corrected chi connectivity index (χ2v) is 6.49. The molecule has 0 aliphatic carbocycles. The summed E-state index contributed by atoms with van der Waals surface area (Å²) in [6.45, 7) is 4.31. The zero-order valence-corrected chi connectivity index (χ0v) is 16.0. The molecule has 27 heavy (non-hydrogen) atoms. The molecular weight excluding hydrogens is 343 g/mol. The largest absolute Gasteiger partial charge is 0.497 e. The molecule has 144 valence electrons. The molecule has 3 rings (SSSR count). The minimum atomic E-state index is -0.151. The summed E-state index contributed by atoms with van der Waals surface area (Å²) < 4.78 is 18.9. The first-order valence-electron chi connectivity index (χ1n) is 9.29. The number of piperazine rings is 1. The van der Waals surface area contributed by atoms with Gasteiger partial charge < -0.3 is 19.9 Å². The van der Waals surface area contributed by atoms with Crippen molar-refractivity contribution in [1.29, 1.82) is 0 Å². The van der Waals surface area contributed by atoms with E-state index >= 15 is 0 Å². The molecule has 0 radical (unpaired) electrons. The predicted octanol–water partition coefficient (Wildman–Crippen LogP) is 2.77. The van der Waals surface area contributed by atoms with Gasteiger partial charge in [-0.2, -0.15) is 0 Å². The van der Waals surface area contributed by atoms with Gasteiger partial charge in [-0.15, -0.1) is 0 Å². The Morgan fingerprint density at radius 1 is 1.07 bits per heavy atom. The van der Waals surface area contributed by atoms with E-state index in [-0.39, 0.29) is 5.82 Å². The fraction of sp³-hybridized carbons (Fsp3) is 0.381. The minimum Gasteiger partial charge on any atom is -0.497 e. The van der Waals surface area contributed by atoms with Crippen molar-refractivity contribution in [3.63, 3.8) is 0 Å². The van der Waals surface area contributed by atoms with E-state index in [4.69, 9.17) is 4.74 Å². The fourth-order valence-electron chi connectivity index (χ4n) is 3.31. The number of hydrogen-bond acceptors (Lipinski definition) is 3. The van der Waals surface area contributed by atoms with Gasteiger partial charge in [-0.05, 0) is 42.3 Å². The molecule has 0 spiro atoms. The van der Waals surface area contributed by atoms with Crippen molar-refractivity contribution in [2.75, 3.05) is 51.8 Å². The average Bonchev–Trinajstić information content (AvgIpc) is 2.73. The molecule has 0 unspecified atom stereocenters. The molecule has 0 bridgehead atoms. The number of methoxy groups -OCH3 is 1. The lowest BCUT2D eigenvalue weighted by Crippen LogP contribution is -2.52. The van der Waals surface area contributed by atoms with E-state index in [1.807, 2.05) is 24.3 Å². The van der Waals surface area contributed by atoms with Crippen LogP contribution in [0.4, 0.5) is 10.1 Å². The highest BCUT2D eigenvalue weighted by Gasteiger charge is 2.19. The van der Waals surface area contributed by atoms with Crippen LogP contribution >= 0.6 is 0 Å². The maximum absolute atomic E-state index is 13.7. The number of hydrogen-bond donors (Lipinski definition) is 1. The molecule has 0 atom stereocenters. The third-order valence-electron chi connectivity index (χ3n) is 4.86. The number of nitrogens with one attached hydrogen (secondary N) is 1. The van der Waals surface area contributed by atoms with Crippen LogP contribution in [0.15, 0.2) is 53.5 Å². The highest BCUT2D eigenvalue weighted by molar-refractivity contribution is 5.80. The summed E-state index contributed by atoms with van der Waals surface area (Å²) in [5.41, 5.74) is 1.93. The van der Waals surface area contributed by atoms with Crippen LogP contribution in [0.3, 0.4) is 0 Å². The molecule has 0 saturated carbocycles. The Morgan fingerprint density at radius 2 is 1.78 bits per heavy atom. The van der Waals surface area contributed by atoms with E-state index in [1.165, 1.54) is 11.8 Å². The van der Waals surface area contributed by atoms with Crippen LogP contribution in [0.2, 0.25) is 0 Å². The number of benzene rings is 2. The Morgan fingerprint density at radius 3 is 2.41 bits per heavy atom. The zero-order chi connectivity index (χ0) is 19.1. The van der Waals surface area contributed by atoms with Crippen LogP contribution in [0.25, 0.3) is 0 Å². The molecule has 1 aliphatic heterocycles. The second-order valence-electron chi connectivity index (χ2n) is 6.49. The Balaban J connectivity index is 1.49. The van der Waals surface area contributed by atoms with Gasteiger partial charge in [0.1, 0.15) is 11.6 Å². The second kappa shape index (κ2) is 9.26. The molecule has 2 aromatic carbocycles. The summed E-state index contributed by atoms with van der Waals surface area (Å²) in [7, 11) is 3.47. The van der Waals surface area contributed by atoms with Crippen LogP contribution in [0.5, 0.6) is 5.75 Å². The Kier molecular flexibility index (Phi) is 6.52.